The van der Waals surface area contributed by atoms with Crippen molar-refractivity contribution in [1.29, 1.82) is 0 Å². The average molecular weight is 366 g/mol. The summed E-state index contributed by atoms with van der Waals surface area (Å²) in [7, 11) is 0. The third-order valence-electron chi connectivity index (χ3n) is 3.98. The lowest BCUT2D eigenvalue weighted by Crippen LogP contribution is -2.23. The second-order valence-electron chi connectivity index (χ2n) is 6.08. The normalized spacial score (nSPS) is 10.4. The van der Waals surface area contributed by atoms with E-state index >= 15 is 0 Å². The molecule has 3 rings (SSSR count). The number of nitrogens with one attached hydrogen (secondary N) is 2. The summed E-state index contributed by atoms with van der Waals surface area (Å²) in [6.07, 6.45) is 1.63. The van der Waals surface area contributed by atoms with Crippen LogP contribution in [0.3, 0.4) is 0 Å². The maximum absolute atomic E-state index is 12.3. The molecule has 0 aliphatic rings. The van der Waals surface area contributed by atoms with E-state index in [0.717, 1.165) is 16.8 Å². The monoisotopic (exact) mass is 365 g/mol. The van der Waals surface area contributed by atoms with E-state index in [1.807, 2.05) is 61.5 Å². The minimum atomic E-state index is -0.194. The number of hydrogen-bond acceptors (Lipinski definition) is 3. The average Bonchev–Trinajstić information content (AvgIpc) is 2.67. The van der Waals surface area contributed by atoms with E-state index in [-0.39, 0.29) is 5.91 Å². The van der Waals surface area contributed by atoms with E-state index in [9.17, 15) is 4.79 Å². The lowest BCUT2D eigenvalue weighted by molar-refractivity contribution is 0.0946. The van der Waals surface area contributed by atoms with Crippen LogP contribution in [0.25, 0.3) is 0 Å². The minimum Gasteiger partial charge on any atom is -0.381 e. The molecule has 0 atom stereocenters. The number of carbonyl (C=O) groups is 1. The van der Waals surface area contributed by atoms with E-state index in [1.54, 1.807) is 12.3 Å². The third kappa shape index (κ3) is 5.07. The van der Waals surface area contributed by atoms with Gasteiger partial charge in [0.1, 0.15) is 5.69 Å². The smallest absolute Gasteiger partial charge is 0.270 e. The largest absolute Gasteiger partial charge is 0.381 e. The van der Waals surface area contributed by atoms with Crippen molar-refractivity contribution in [2.45, 2.75) is 20.0 Å². The first-order valence-electron chi connectivity index (χ1n) is 8.38. The van der Waals surface area contributed by atoms with E-state index in [2.05, 4.69) is 15.6 Å². The molecule has 0 bridgehead atoms. The molecule has 132 valence electrons. The van der Waals surface area contributed by atoms with Gasteiger partial charge in [0.25, 0.3) is 5.91 Å². The van der Waals surface area contributed by atoms with Gasteiger partial charge in [0.15, 0.2) is 0 Å². The highest BCUT2D eigenvalue weighted by Crippen LogP contribution is 2.13. The van der Waals surface area contributed by atoms with Crippen molar-refractivity contribution in [3.8, 4) is 0 Å². The molecule has 2 N–H and O–H groups in total. The molecule has 0 saturated heterocycles. The first-order chi connectivity index (χ1) is 12.6. The Hall–Kier alpha value is -2.85. The first-order valence-corrected chi connectivity index (χ1v) is 8.76. The molecule has 0 radical (unpaired) electrons. The minimum absolute atomic E-state index is 0.194. The number of aryl methyl sites for hydroxylation is 1. The van der Waals surface area contributed by atoms with Gasteiger partial charge in [0.2, 0.25) is 0 Å². The van der Waals surface area contributed by atoms with E-state index in [1.165, 1.54) is 5.56 Å². The lowest BCUT2D eigenvalue weighted by atomic mass is 10.1. The number of halogens is 1. The van der Waals surface area contributed by atoms with Crippen LogP contribution in [0.4, 0.5) is 5.69 Å². The van der Waals surface area contributed by atoms with Crippen LogP contribution in [0.5, 0.6) is 0 Å². The van der Waals surface area contributed by atoms with Crippen LogP contribution in [0.2, 0.25) is 5.02 Å². The zero-order valence-corrected chi connectivity index (χ0v) is 15.3. The second-order valence-corrected chi connectivity index (χ2v) is 6.51. The summed E-state index contributed by atoms with van der Waals surface area (Å²) in [6.45, 7) is 3.16. The van der Waals surface area contributed by atoms with Gasteiger partial charge >= 0.3 is 0 Å². The lowest BCUT2D eigenvalue weighted by Gasteiger charge is -2.09. The van der Waals surface area contributed by atoms with Crippen LogP contribution in [0, 0.1) is 6.92 Å². The Balaban J connectivity index is 1.58. The maximum atomic E-state index is 12.3. The molecule has 26 heavy (non-hydrogen) atoms. The Morgan fingerprint density at radius 3 is 2.35 bits per heavy atom. The number of pyridine rings is 1. The summed E-state index contributed by atoms with van der Waals surface area (Å²) >= 11 is 5.89. The highest BCUT2D eigenvalue weighted by molar-refractivity contribution is 6.30. The van der Waals surface area contributed by atoms with Crippen molar-refractivity contribution in [3.05, 3.63) is 94.3 Å². The SMILES string of the molecule is Cc1ccc(CNC(=O)c2cc(NCc3ccc(Cl)cc3)ccn2)cc1. The van der Waals surface area contributed by atoms with Crippen molar-refractivity contribution in [2.24, 2.45) is 0 Å². The quantitative estimate of drug-likeness (QED) is 0.672. The molecular formula is C21H20ClN3O. The van der Waals surface area contributed by atoms with Crippen LogP contribution >= 0.6 is 11.6 Å². The molecule has 0 fully saturated rings. The molecule has 0 aliphatic heterocycles. The molecule has 1 amide bonds. The molecule has 0 saturated carbocycles. The van der Waals surface area contributed by atoms with Gasteiger partial charge < -0.3 is 10.6 Å². The summed E-state index contributed by atoms with van der Waals surface area (Å²) in [6, 6.07) is 19.3. The molecule has 2 aromatic carbocycles. The summed E-state index contributed by atoms with van der Waals surface area (Å²) in [5, 5.41) is 6.90. The number of amides is 1. The van der Waals surface area contributed by atoms with Gasteiger partial charge in [-0.1, -0.05) is 53.6 Å². The Labute approximate surface area is 158 Å². The second kappa shape index (κ2) is 8.50. The predicted octanol–water partition coefficient (Wildman–Crippen LogP) is 4.59. The van der Waals surface area contributed by atoms with Crippen LogP contribution in [0.15, 0.2) is 66.9 Å². The van der Waals surface area contributed by atoms with Gasteiger partial charge in [-0.15, -0.1) is 0 Å². The Morgan fingerprint density at radius 2 is 1.62 bits per heavy atom. The number of aromatic nitrogens is 1. The van der Waals surface area contributed by atoms with Crippen LogP contribution in [0.1, 0.15) is 27.2 Å². The highest BCUT2D eigenvalue weighted by Gasteiger charge is 2.08. The number of benzene rings is 2. The molecule has 0 unspecified atom stereocenters. The number of rotatable bonds is 6. The fourth-order valence-corrected chi connectivity index (χ4v) is 2.58. The fraction of sp³-hybridized carbons (Fsp3) is 0.143. The molecule has 3 aromatic rings. The Morgan fingerprint density at radius 1 is 0.962 bits per heavy atom. The number of hydrogen-bond donors (Lipinski definition) is 2. The van der Waals surface area contributed by atoms with Crippen LogP contribution < -0.4 is 10.6 Å². The molecule has 0 spiro atoms. The van der Waals surface area contributed by atoms with E-state index in [4.69, 9.17) is 11.6 Å². The summed E-state index contributed by atoms with van der Waals surface area (Å²) < 4.78 is 0. The third-order valence-corrected chi connectivity index (χ3v) is 4.23. The zero-order chi connectivity index (χ0) is 18.4. The standard InChI is InChI=1S/C21H20ClN3O/c1-15-2-4-16(5-3-15)14-25-21(26)20-12-19(10-11-23-20)24-13-17-6-8-18(22)9-7-17/h2-12H,13-14H2,1H3,(H,23,24)(H,25,26). The topological polar surface area (TPSA) is 54.0 Å². The summed E-state index contributed by atoms with van der Waals surface area (Å²) in [5.74, 6) is -0.194. The molecule has 4 nitrogen and oxygen atoms in total. The van der Waals surface area contributed by atoms with Gasteiger partial charge in [-0.25, -0.2) is 0 Å². The van der Waals surface area contributed by atoms with Crippen LogP contribution in [-0.2, 0) is 13.1 Å². The van der Waals surface area contributed by atoms with Crippen molar-refractivity contribution in [1.82, 2.24) is 10.3 Å². The van der Waals surface area contributed by atoms with Crippen LogP contribution in [-0.4, -0.2) is 10.9 Å². The molecule has 1 aromatic heterocycles. The van der Waals surface area contributed by atoms with Gasteiger partial charge in [0, 0.05) is 30.0 Å². The number of anilines is 1. The van der Waals surface area contributed by atoms with Gasteiger partial charge in [-0.05, 0) is 42.3 Å². The fourth-order valence-electron chi connectivity index (χ4n) is 2.45. The summed E-state index contributed by atoms with van der Waals surface area (Å²) in [4.78, 5) is 16.5. The predicted molar refractivity (Wildman–Crippen MR) is 105 cm³/mol. The number of nitrogens with zero attached hydrogens (tertiary/aromatic N) is 1. The zero-order valence-electron chi connectivity index (χ0n) is 14.5. The van der Waals surface area contributed by atoms with Gasteiger partial charge in [-0.3, -0.25) is 9.78 Å². The highest BCUT2D eigenvalue weighted by atomic mass is 35.5. The van der Waals surface area contributed by atoms with Crippen molar-refractivity contribution in [2.75, 3.05) is 5.32 Å². The summed E-state index contributed by atoms with van der Waals surface area (Å²) in [5.41, 5.74) is 4.59. The number of carbonyl (C=O) groups excluding carboxylic acids is 1. The van der Waals surface area contributed by atoms with Gasteiger partial charge in [-0.2, -0.15) is 0 Å². The van der Waals surface area contributed by atoms with E-state index < -0.39 is 0 Å². The van der Waals surface area contributed by atoms with Crippen molar-refractivity contribution >= 4 is 23.2 Å². The van der Waals surface area contributed by atoms with Crippen molar-refractivity contribution in [3.63, 3.8) is 0 Å². The Kier molecular flexibility index (Phi) is 5.87. The molecular weight excluding hydrogens is 346 g/mol. The maximum Gasteiger partial charge on any atom is 0.270 e. The molecule has 1 heterocycles. The van der Waals surface area contributed by atoms with Crippen molar-refractivity contribution < 1.29 is 4.79 Å². The molecule has 5 heteroatoms. The molecule has 0 aliphatic carbocycles. The van der Waals surface area contributed by atoms with Gasteiger partial charge in [0.05, 0.1) is 0 Å². The Bertz CT molecular complexity index is 877. The first kappa shape index (κ1) is 18.0. The van der Waals surface area contributed by atoms with E-state index in [0.29, 0.717) is 23.8 Å².